The topological polar surface area (TPSA) is 33.1 Å². The molecule has 0 saturated carbocycles. The second-order valence-electron chi connectivity index (χ2n) is 4.30. The van der Waals surface area contributed by atoms with Crippen molar-refractivity contribution in [3.05, 3.63) is 28.5 Å². The van der Waals surface area contributed by atoms with Crippen LogP contribution in [0.2, 0.25) is 0 Å². The summed E-state index contributed by atoms with van der Waals surface area (Å²) in [5, 5.41) is 9.84. The van der Waals surface area contributed by atoms with Gasteiger partial charge in [0.05, 0.1) is 6.10 Å². The van der Waals surface area contributed by atoms with Gasteiger partial charge in [0.1, 0.15) is 0 Å². The van der Waals surface area contributed by atoms with Gasteiger partial charge in [-0.05, 0) is 39.2 Å². The van der Waals surface area contributed by atoms with E-state index in [1.165, 1.54) is 0 Å². The van der Waals surface area contributed by atoms with Crippen molar-refractivity contribution in [1.82, 2.24) is 4.98 Å². The minimum atomic E-state index is -0.278. The number of halogens is 1. The van der Waals surface area contributed by atoms with E-state index in [1.54, 1.807) is 12.4 Å². The molecule has 0 fully saturated rings. The summed E-state index contributed by atoms with van der Waals surface area (Å²) in [5.74, 6) is 2.59. The van der Waals surface area contributed by atoms with Crippen molar-refractivity contribution >= 4 is 27.7 Å². The molecule has 16 heavy (non-hydrogen) atoms. The van der Waals surface area contributed by atoms with Crippen molar-refractivity contribution in [2.45, 2.75) is 26.4 Å². The number of hydrogen-bond acceptors (Lipinski definition) is 3. The number of pyridine rings is 1. The van der Waals surface area contributed by atoms with Gasteiger partial charge in [0.15, 0.2) is 0 Å². The maximum absolute atomic E-state index is 9.84. The molecule has 1 unspecified atom stereocenters. The van der Waals surface area contributed by atoms with Gasteiger partial charge in [-0.15, -0.1) is 0 Å². The number of aliphatic hydroxyl groups excluding tert-OH is 1. The first-order chi connectivity index (χ1) is 7.58. The van der Waals surface area contributed by atoms with E-state index in [2.05, 4.69) is 34.8 Å². The van der Waals surface area contributed by atoms with E-state index in [0.29, 0.717) is 12.3 Å². The van der Waals surface area contributed by atoms with Crippen LogP contribution >= 0.6 is 27.7 Å². The molecule has 4 heteroatoms. The lowest BCUT2D eigenvalue weighted by molar-refractivity contribution is 0.200. The van der Waals surface area contributed by atoms with E-state index < -0.39 is 0 Å². The monoisotopic (exact) mass is 303 g/mol. The molecule has 1 atom stereocenters. The van der Waals surface area contributed by atoms with Gasteiger partial charge in [-0.25, -0.2) is 0 Å². The summed E-state index contributed by atoms with van der Waals surface area (Å²) in [6.45, 7) is 4.38. The minimum Gasteiger partial charge on any atom is -0.392 e. The summed E-state index contributed by atoms with van der Waals surface area (Å²) < 4.78 is 0.965. The Morgan fingerprint density at radius 2 is 2.12 bits per heavy atom. The summed E-state index contributed by atoms with van der Waals surface area (Å²) in [4.78, 5) is 4.08. The Hall–Kier alpha value is -0.0600. The number of thioether (sulfide) groups is 1. The standard InChI is InChI=1S/C12H18BrNOS/c1-9(2)7-16-8-12(15)4-10-3-11(13)6-14-5-10/h3,5-6,9,12,15H,4,7-8H2,1-2H3. The predicted molar refractivity (Wildman–Crippen MR) is 73.8 cm³/mol. The highest BCUT2D eigenvalue weighted by molar-refractivity contribution is 9.10. The molecule has 0 aromatic carbocycles. The van der Waals surface area contributed by atoms with Gasteiger partial charge in [0.2, 0.25) is 0 Å². The molecule has 0 saturated heterocycles. The zero-order valence-electron chi connectivity index (χ0n) is 9.69. The van der Waals surface area contributed by atoms with Crippen molar-refractivity contribution in [2.24, 2.45) is 5.92 Å². The van der Waals surface area contributed by atoms with Gasteiger partial charge in [0.25, 0.3) is 0 Å². The van der Waals surface area contributed by atoms with Crippen LogP contribution in [-0.4, -0.2) is 27.7 Å². The Morgan fingerprint density at radius 3 is 2.75 bits per heavy atom. The summed E-state index contributed by atoms with van der Waals surface area (Å²) in [6.07, 6.45) is 3.96. The SMILES string of the molecule is CC(C)CSCC(O)Cc1cncc(Br)c1. The Kier molecular flexibility index (Phi) is 6.39. The zero-order chi connectivity index (χ0) is 12.0. The van der Waals surface area contributed by atoms with Gasteiger partial charge in [-0.1, -0.05) is 13.8 Å². The summed E-state index contributed by atoms with van der Waals surface area (Å²) in [7, 11) is 0. The Labute approximate surface area is 110 Å². The van der Waals surface area contributed by atoms with E-state index >= 15 is 0 Å². The van der Waals surface area contributed by atoms with Crippen molar-refractivity contribution in [3.63, 3.8) is 0 Å². The van der Waals surface area contributed by atoms with E-state index in [0.717, 1.165) is 21.5 Å². The van der Waals surface area contributed by atoms with Gasteiger partial charge >= 0.3 is 0 Å². The van der Waals surface area contributed by atoms with Gasteiger partial charge < -0.3 is 5.11 Å². The molecule has 0 aliphatic heterocycles. The summed E-state index contributed by atoms with van der Waals surface area (Å²) >= 11 is 5.19. The van der Waals surface area contributed by atoms with E-state index in [4.69, 9.17) is 0 Å². The average molecular weight is 304 g/mol. The fourth-order valence-electron chi connectivity index (χ4n) is 1.34. The molecule has 1 rings (SSSR count). The molecular weight excluding hydrogens is 286 g/mol. The highest BCUT2D eigenvalue weighted by atomic mass is 79.9. The van der Waals surface area contributed by atoms with Crippen molar-refractivity contribution in [1.29, 1.82) is 0 Å². The molecule has 1 heterocycles. The molecule has 1 aromatic heterocycles. The van der Waals surface area contributed by atoms with Crippen LogP contribution in [0.15, 0.2) is 22.9 Å². The zero-order valence-corrected chi connectivity index (χ0v) is 12.1. The fourth-order valence-corrected chi connectivity index (χ4v) is 2.75. The van der Waals surface area contributed by atoms with E-state index in [1.807, 2.05) is 17.8 Å². The average Bonchev–Trinajstić information content (AvgIpc) is 2.16. The maximum atomic E-state index is 9.84. The number of rotatable bonds is 6. The molecule has 2 nitrogen and oxygen atoms in total. The van der Waals surface area contributed by atoms with Crippen LogP contribution < -0.4 is 0 Å². The van der Waals surface area contributed by atoms with Crippen LogP contribution in [0.1, 0.15) is 19.4 Å². The molecule has 0 aliphatic carbocycles. The van der Waals surface area contributed by atoms with Crippen molar-refractivity contribution in [2.75, 3.05) is 11.5 Å². The van der Waals surface area contributed by atoms with Crippen LogP contribution in [-0.2, 0) is 6.42 Å². The quantitative estimate of drug-likeness (QED) is 0.876. The third kappa shape index (κ3) is 5.87. The van der Waals surface area contributed by atoms with E-state index in [-0.39, 0.29) is 6.10 Å². The van der Waals surface area contributed by atoms with Crippen LogP contribution in [0.5, 0.6) is 0 Å². The summed E-state index contributed by atoms with van der Waals surface area (Å²) in [6, 6.07) is 2.00. The number of nitrogens with zero attached hydrogens (tertiary/aromatic N) is 1. The molecule has 90 valence electrons. The van der Waals surface area contributed by atoms with E-state index in [9.17, 15) is 5.11 Å². The molecular formula is C12H18BrNOS. The first-order valence-electron chi connectivity index (χ1n) is 5.43. The Balaban J connectivity index is 2.31. The fraction of sp³-hybridized carbons (Fsp3) is 0.583. The number of aliphatic hydroxyl groups is 1. The third-order valence-electron chi connectivity index (χ3n) is 1.99. The smallest absolute Gasteiger partial charge is 0.0671 e. The van der Waals surface area contributed by atoms with Crippen LogP contribution in [0.3, 0.4) is 0 Å². The lowest BCUT2D eigenvalue weighted by Gasteiger charge is -2.11. The summed E-state index contributed by atoms with van der Waals surface area (Å²) in [5.41, 5.74) is 1.08. The minimum absolute atomic E-state index is 0.278. The maximum Gasteiger partial charge on any atom is 0.0671 e. The first-order valence-corrected chi connectivity index (χ1v) is 7.38. The lowest BCUT2D eigenvalue weighted by Crippen LogP contribution is -2.14. The predicted octanol–water partition coefficient (Wildman–Crippen LogP) is 3.14. The normalized spacial score (nSPS) is 13.1. The molecule has 0 amide bonds. The Morgan fingerprint density at radius 1 is 1.38 bits per heavy atom. The first kappa shape index (κ1) is 14.0. The van der Waals surface area contributed by atoms with Gasteiger partial charge in [-0.3, -0.25) is 4.98 Å². The second kappa shape index (κ2) is 7.30. The molecule has 1 aromatic rings. The number of hydrogen-bond donors (Lipinski definition) is 1. The van der Waals surface area contributed by atoms with Crippen molar-refractivity contribution < 1.29 is 5.11 Å². The molecule has 0 radical (unpaired) electrons. The van der Waals surface area contributed by atoms with Gasteiger partial charge in [0, 0.05) is 29.0 Å². The second-order valence-corrected chi connectivity index (χ2v) is 6.29. The molecule has 0 bridgehead atoms. The largest absolute Gasteiger partial charge is 0.392 e. The van der Waals surface area contributed by atoms with Crippen LogP contribution in [0.25, 0.3) is 0 Å². The Bertz CT molecular complexity index is 320. The van der Waals surface area contributed by atoms with Crippen LogP contribution in [0.4, 0.5) is 0 Å². The molecule has 0 spiro atoms. The highest BCUT2D eigenvalue weighted by Crippen LogP contribution is 2.14. The molecule has 0 aliphatic rings. The van der Waals surface area contributed by atoms with Gasteiger partial charge in [-0.2, -0.15) is 11.8 Å². The van der Waals surface area contributed by atoms with Crippen molar-refractivity contribution in [3.8, 4) is 0 Å². The van der Waals surface area contributed by atoms with Crippen LogP contribution in [0, 0.1) is 5.92 Å². The highest BCUT2D eigenvalue weighted by Gasteiger charge is 2.07. The number of aromatic nitrogens is 1. The lowest BCUT2D eigenvalue weighted by atomic mass is 10.1. The third-order valence-corrected chi connectivity index (χ3v) is 3.95. The molecule has 1 N–H and O–H groups in total.